The summed E-state index contributed by atoms with van der Waals surface area (Å²) < 4.78 is 5.49. The zero-order chi connectivity index (χ0) is 19.3. The molecule has 1 fully saturated rings. The second-order valence-electron chi connectivity index (χ2n) is 7.22. The molecule has 0 unspecified atom stereocenters. The summed E-state index contributed by atoms with van der Waals surface area (Å²) in [6, 6.07) is 5.62. The fraction of sp³-hybridized carbons (Fsp3) is 0.450. The number of benzene rings is 1. The Kier molecular flexibility index (Phi) is 6.03. The number of likely N-dealkylation sites (tertiary alicyclic amines) is 1. The smallest absolute Gasteiger partial charge is 0.341 e. The predicted molar refractivity (Wildman–Crippen MR) is 100 cm³/mol. The summed E-state index contributed by atoms with van der Waals surface area (Å²) in [4.78, 5) is 21.6. The molecule has 27 heavy (non-hydrogen) atoms. The molecule has 0 aliphatic carbocycles. The van der Waals surface area contributed by atoms with Crippen LogP contribution < -0.4 is 4.74 Å². The number of aliphatic carboxylic acids is 1. The Morgan fingerprint density at radius 1 is 1.30 bits per heavy atom. The number of hydrogen-bond donors (Lipinski definition) is 2. The average Bonchev–Trinajstić information content (AvgIpc) is 2.82. The molecule has 0 amide bonds. The van der Waals surface area contributed by atoms with Crippen molar-refractivity contribution in [3.05, 3.63) is 42.4 Å². The van der Waals surface area contributed by atoms with Crippen LogP contribution in [0.5, 0.6) is 5.75 Å². The summed E-state index contributed by atoms with van der Waals surface area (Å²) >= 11 is 0. The molecule has 1 aliphatic rings. The van der Waals surface area contributed by atoms with Crippen molar-refractivity contribution in [1.29, 1.82) is 0 Å². The third kappa shape index (κ3) is 5.48. The fourth-order valence-corrected chi connectivity index (χ4v) is 3.31. The minimum Gasteiger partial charge on any atom is -0.482 e. The molecule has 2 heterocycles. The highest BCUT2D eigenvalue weighted by Crippen LogP contribution is 2.28. The van der Waals surface area contributed by atoms with Gasteiger partial charge in [0.25, 0.3) is 0 Å². The van der Waals surface area contributed by atoms with Crippen LogP contribution in [0.1, 0.15) is 31.7 Å². The largest absolute Gasteiger partial charge is 0.482 e. The highest BCUT2D eigenvalue weighted by Gasteiger charge is 2.25. The maximum absolute atomic E-state index is 10.9. The molecule has 1 aromatic heterocycles. The van der Waals surface area contributed by atoms with Crippen molar-refractivity contribution in [3.63, 3.8) is 0 Å². The van der Waals surface area contributed by atoms with Crippen LogP contribution >= 0.6 is 0 Å². The lowest BCUT2D eigenvalue weighted by atomic mass is 9.98. The van der Waals surface area contributed by atoms with Gasteiger partial charge >= 0.3 is 5.97 Å². The van der Waals surface area contributed by atoms with Crippen LogP contribution in [0.3, 0.4) is 0 Å². The number of rotatable bonds is 6. The van der Waals surface area contributed by atoms with Gasteiger partial charge in [-0.1, -0.05) is 0 Å². The molecule has 7 nitrogen and oxygen atoms in total. The van der Waals surface area contributed by atoms with E-state index in [1.165, 1.54) is 0 Å². The average molecular weight is 371 g/mol. The first-order chi connectivity index (χ1) is 12.9. The number of carboxylic acids is 1. The lowest BCUT2D eigenvalue weighted by molar-refractivity contribution is -0.139. The molecule has 2 aromatic rings. The summed E-state index contributed by atoms with van der Waals surface area (Å²) in [5.41, 5.74) is 1.93. The summed E-state index contributed by atoms with van der Waals surface area (Å²) in [5.74, 6) is -0.453. The lowest BCUT2D eigenvalue weighted by Crippen LogP contribution is -2.28. The molecule has 1 aromatic carbocycles. The highest BCUT2D eigenvalue weighted by molar-refractivity contribution is 5.69. The summed E-state index contributed by atoms with van der Waals surface area (Å²) in [6.07, 6.45) is 7.37. The molecule has 144 valence electrons. The van der Waals surface area contributed by atoms with Gasteiger partial charge < -0.3 is 14.9 Å². The molecule has 1 saturated heterocycles. The molecule has 1 aliphatic heterocycles. The second kappa shape index (κ2) is 8.45. The van der Waals surface area contributed by atoms with Gasteiger partial charge in [0.15, 0.2) is 6.61 Å². The first kappa shape index (κ1) is 19.3. The van der Waals surface area contributed by atoms with Crippen molar-refractivity contribution in [2.24, 2.45) is 0 Å². The highest BCUT2D eigenvalue weighted by atomic mass is 16.5. The first-order valence-corrected chi connectivity index (χ1v) is 9.12. The Hall–Kier alpha value is -2.51. The molecule has 7 heteroatoms. The molecular formula is C20H25N3O4. The van der Waals surface area contributed by atoms with E-state index in [1.807, 2.05) is 19.1 Å². The number of carboxylic acid groups (broad SMARTS) is 1. The molecule has 0 spiro atoms. The van der Waals surface area contributed by atoms with Gasteiger partial charge in [0, 0.05) is 36.6 Å². The van der Waals surface area contributed by atoms with E-state index < -0.39 is 11.6 Å². The van der Waals surface area contributed by atoms with Crippen LogP contribution in [0.25, 0.3) is 11.3 Å². The van der Waals surface area contributed by atoms with Crippen molar-refractivity contribution in [1.82, 2.24) is 14.9 Å². The standard InChI is InChI=1S/C20H25N3O4/c1-20(26)5-2-9-23(10-6-20)13-16-11-15(17-12-21-7-8-22-17)3-4-18(16)27-14-19(24)25/h3-4,7-8,11-12,26H,2,5-6,9-10,13-14H2,1H3,(H,24,25)/t20-/m1/s1. The Morgan fingerprint density at radius 2 is 2.15 bits per heavy atom. The van der Waals surface area contributed by atoms with E-state index in [-0.39, 0.29) is 6.61 Å². The van der Waals surface area contributed by atoms with E-state index in [9.17, 15) is 9.90 Å². The molecule has 2 N–H and O–H groups in total. The maximum atomic E-state index is 10.9. The van der Waals surface area contributed by atoms with Crippen molar-refractivity contribution >= 4 is 5.97 Å². The van der Waals surface area contributed by atoms with Gasteiger partial charge in [-0.15, -0.1) is 0 Å². The molecule has 1 atom stereocenters. The van der Waals surface area contributed by atoms with Gasteiger partial charge in [0.1, 0.15) is 5.75 Å². The topological polar surface area (TPSA) is 95.8 Å². The number of aromatic nitrogens is 2. The monoisotopic (exact) mass is 371 g/mol. The van der Waals surface area contributed by atoms with Crippen molar-refractivity contribution in [2.45, 2.75) is 38.3 Å². The molecule has 0 saturated carbocycles. The van der Waals surface area contributed by atoms with E-state index in [4.69, 9.17) is 9.84 Å². The Balaban J connectivity index is 1.84. The van der Waals surface area contributed by atoms with E-state index in [0.29, 0.717) is 18.7 Å². The lowest BCUT2D eigenvalue weighted by Gasteiger charge is -2.23. The van der Waals surface area contributed by atoms with Gasteiger partial charge in [0.05, 0.1) is 17.5 Å². The van der Waals surface area contributed by atoms with Crippen LogP contribution in [-0.2, 0) is 11.3 Å². The molecule has 0 bridgehead atoms. The number of aliphatic hydroxyl groups is 1. The normalized spacial score (nSPS) is 20.8. The van der Waals surface area contributed by atoms with E-state index >= 15 is 0 Å². The number of nitrogens with zero attached hydrogens (tertiary/aromatic N) is 3. The quantitative estimate of drug-likeness (QED) is 0.804. The molecule has 3 rings (SSSR count). The summed E-state index contributed by atoms with van der Waals surface area (Å²) in [7, 11) is 0. The minimum absolute atomic E-state index is 0.383. The van der Waals surface area contributed by atoms with Crippen LogP contribution in [0.15, 0.2) is 36.8 Å². The number of hydrogen-bond acceptors (Lipinski definition) is 6. The van der Waals surface area contributed by atoms with E-state index in [2.05, 4.69) is 14.9 Å². The van der Waals surface area contributed by atoms with Gasteiger partial charge in [0.2, 0.25) is 0 Å². The van der Waals surface area contributed by atoms with Crippen LogP contribution in [0.2, 0.25) is 0 Å². The third-order valence-electron chi connectivity index (χ3n) is 4.82. The first-order valence-electron chi connectivity index (χ1n) is 9.12. The van der Waals surface area contributed by atoms with Crippen LogP contribution in [-0.4, -0.2) is 56.3 Å². The van der Waals surface area contributed by atoms with Gasteiger partial charge in [-0.25, -0.2) is 4.79 Å². The van der Waals surface area contributed by atoms with E-state index in [1.54, 1.807) is 24.7 Å². The predicted octanol–water partition coefficient (Wildman–Crippen LogP) is 2.34. The van der Waals surface area contributed by atoms with Crippen LogP contribution in [0, 0.1) is 0 Å². The van der Waals surface area contributed by atoms with Gasteiger partial charge in [-0.2, -0.15) is 0 Å². The summed E-state index contributed by atoms with van der Waals surface area (Å²) in [5, 5.41) is 19.2. The SMILES string of the molecule is C[C@@]1(O)CCCN(Cc2cc(-c3cnccn3)ccc2OCC(=O)O)CC1. The maximum Gasteiger partial charge on any atom is 0.341 e. The number of carbonyl (C=O) groups is 1. The zero-order valence-electron chi connectivity index (χ0n) is 15.5. The Labute approximate surface area is 158 Å². The fourth-order valence-electron chi connectivity index (χ4n) is 3.31. The van der Waals surface area contributed by atoms with Gasteiger partial charge in [-0.3, -0.25) is 14.9 Å². The molecule has 0 radical (unpaired) electrons. The summed E-state index contributed by atoms with van der Waals surface area (Å²) in [6.45, 7) is 3.78. The van der Waals surface area contributed by atoms with Crippen molar-refractivity contribution in [3.8, 4) is 17.0 Å². The Bertz CT molecular complexity index is 780. The number of ether oxygens (including phenoxy) is 1. The molecular weight excluding hydrogens is 346 g/mol. The van der Waals surface area contributed by atoms with Crippen LogP contribution in [0.4, 0.5) is 0 Å². The van der Waals surface area contributed by atoms with E-state index in [0.717, 1.165) is 42.8 Å². The van der Waals surface area contributed by atoms with Crippen molar-refractivity contribution in [2.75, 3.05) is 19.7 Å². The minimum atomic E-state index is -1.01. The zero-order valence-corrected chi connectivity index (χ0v) is 15.5. The Morgan fingerprint density at radius 3 is 2.89 bits per heavy atom. The second-order valence-corrected chi connectivity index (χ2v) is 7.22. The van der Waals surface area contributed by atoms with Gasteiger partial charge in [-0.05, 0) is 50.9 Å². The third-order valence-corrected chi connectivity index (χ3v) is 4.82. The van der Waals surface area contributed by atoms with Crippen molar-refractivity contribution < 1.29 is 19.7 Å².